The maximum atomic E-state index is 13.4. The SMILES string of the molecule is COc1ccc(C2C(C(=O)C(C)(C)C)=C(O)C(=O)N2c2ccc3c(c2)OCO3)cc1OC. The fraction of sp³-hybridized carbons (Fsp3) is 0.333. The molecule has 0 bridgehead atoms. The van der Waals surface area contributed by atoms with E-state index in [-0.39, 0.29) is 18.1 Å². The largest absolute Gasteiger partial charge is 0.503 e. The van der Waals surface area contributed by atoms with Gasteiger partial charge in [-0.15, -0.1) is 0 Å². The Labute approximate surface area is 185 Å². The minimum absolute atomic E-state index is 0.0346. The Hall–Kier alpha value is -3.68. The third-order valence-electron chi connectivity index (χ3n) is 5.49. The number of methoxy groups -OCH3 is 2. The van der Waals surface area contributed by atoms with Crippen molar-refractivity contribution >= 4 is 17.4 Å². The van der Waals surface area contributed by atoms with Crippen LogP contribution in [0.15, 0.2) is 47.7 Å². The van der Waals surface area contributed by atoms with Crippen molar-refractivity contribution in [3.8, 4) is 23.0 Å². The summed E-state index contributed by atoms with van der Waals surface area (Å²) in [5, 5.41) is 10.8. The van der Waals surface area contributed by atoms with Gasteiger partial charge in [0.1, 0.15) is 0 Å². The zero-order valence-electron chi connectivity index (χ0n) is 18.6. The van der Waals surface area contributed by atoms with Crippen molar-refractivity contribution in [2.24, 2.45) is 5.41 Å². The average Bonchev–Trinajstić information content (AvgIpc) is 3.34. The fourth-order valence-electron chi connectivity index (χ4n) is 3.88. The lowest BCUT2D eigenvalue weighted by molar-refractivity contribution is -0.123. The molecule has 168 valence electrons. The van der Waals surface area contributed by atoms with E-state index in [1.54, 1.807) is 57.2 Å². The van der Waals surface area contributed by atoms with Crippen LogP contribution in [0.4, 0.5) is 5.69 Å². The van der Waals surface area contributed by atoms with E-state index in [1.165, 1.54) is 19.1 Å². The van der Waals surface area contributed by atoms with E-state index in [0.717, 1.165) is 0 Å². The van der Waals surface area contributed by atoms with Gasteiger partial charge in [-0.25, -0.2) is 0 Å². The molecule has 2 aliphatic heterocycles. The number of fused-ring (bicyclic) bond motifs is 1. The Morgan fingerprint density at radius 2 is 1.72 bits per heavy atom. The summed E-state index contributed by atoms with van der Waals surface area (Å²) in [6.07, 6.45) is 0. The van der Waals surface area contributed by atoms with Gasteiger partial charge in [0, 0.05) is 17.2 Å². The van der Waals surface area contributed by atoms with Crippen LogP contribution in [0.3, 0.4) is 0 Å². The van der Waals surface area contributed by atoms with E-state index in [9.17, 15) is 14.7 Å². The zero-order chi connectivity index (χ0) is 23.2. The lowest BCUT2D eigenvalue weighted by Gasteiger charge is -2.29. The second kappa shape index (κ2) is 7.78. The minimum Gasteiger partial charge on any atom is -0.503 e. The summed E-state index contributed by atoms with van der Waals surface area (Å²) in [4.78, 5) is 28.0. The van der Waals surface area contributed by atoms with Crippen LogP contribution in [0.25, 0.3) is 0 Å². The standard InChI is InChI=1S/C24H25NO7/c1-24(2,3)22(27)19-20(13-6-8-15(29-4)17(10-13)30-5)25(23(28)21(19)26)14-7-9-16-18(11-14)32-12-31-16/h6-11,20,26H,12H2,1-5H3. The summed E-state index contributed by atoms with van der Waals surface area (Å²) in [6, 6.07) is 9.32. The molecule has 0 aromatic heterocycles. The van der Waals surface area contributed by atoms with E-state index < -0.39 is 23.1 Å². The van der Waals surface area contributed by atoms with Gasteiger partial charge >= 0.3 is 0 Å². The molecule has 1 amide bonds. The van der Waals surface area contributed by atoms with Gasteiger partial charge in [0.2, 0.25) is 6.79 Å². The van der Waals surface area contributed by atoms with Gasteiger partial charge in [-0.1, -0.05) is 26.8 Å². The van der Waals surface area contributed by atoms with Gasteiger partial charge in [-0.05, 0) is 29.8 Å². The van der Waals surface area contributed by atoms with E-state index in [2.05, 4.69) is 0 Å². The van der Waals surface area contributed by atoms with Crippen LogP contribution < -0.4 is 23.8 Å². The maximum Gasteiger partial charge on any atom is 0.294 e. The van der Waals surface area contributed by atoms with Crippen LogP contribution in [0, 0.1) is 5.41 Å². The predicted molar refractivity (Wildman–Crippen MR) is 116 cm³/mol. The Morgan fingerprint density at radius 1 is 1.03 bits per heavy atom. The van der Waals surface area contributed by atoms with Crippen molar-refractivity contribution < 1.29 is 33.6 Å². The topological polar surface area (TPSA) is 94.5 Å². The highest BCUT2D eigenvalue weighted by molar-refractivity contribution is 6.17. The van der Waals surface area contributed by atoms with Crippen LogP contribution >= 0.6 is 0 Å². The molecule has 32 heavy (non-hydrogen) atoms. The predicted octanol–water partition coefficient (Wildman–Crippen LogP) is 3.95. The lowest BCUT2D eigenvalue weighted by atomic mass is 9.82. The second-order valence-corrected chi connectivity index (χ2v) is 8.57. The molecule has 2 aliphatic rings. The normalized spacial score (nSPS) is 17.7. The molecule has 1 unspecified atom stereocenters. The number of carbonyl (C=O) groups is 2. The molecule has 0 spiro atoms. The van der Waals surface area contributed by atoms with Crippen LogP contribution in [0.5, 0.6) is 23.0 Å². The Balaban J connectivity index is 1.90. The lowest BCUT2D eigenvalue weighted by Crippen LogP contribution is -2.32. The second-order valence-electron chi connectivity index (χ2n) is 8.57. The number of aliphatic hydroxyl groups is 1. The van der Waals surface area contributed by atoms with Crippen LogP contribution in [0.1, 0.15) is 32.4 Å². The van der Waals surface area contributed by atoms with Gasteiger partial charge in [-0.2, -0.15) is 0 Å². The van der Waals surface area contributed by atoms with E-state index >= 15 is 0 Å². The number of anilines is 1. The highest BCUT2D eigenvalue weighted by Gasteiger charge is 2.47. The number of carbonyl (C=O) groups excluding carboxylic acids is 2. The van der Waals surface area contributed by atoms with E-state index in [0.29, 0.717) is 34.2 Å². The summed E-state index contributed by atoms with van der Waals surface area (Å²) >= 11 is 0. The van der Waals surface area contributed by atoms with Crippen molar-refractivity contribution in [3.05, 3.63) is 53.3 Å². The molecular weight excluding hydrogens is 414 g/mol. The smallest absolute Gasteiger partial charge is 0.294 e. The number of benzene rings is 2. The quantitative estimate of drug-likeness (QED) is 0.754. The minimum atomic E-state index is -0.866. The van der Waals surface area contributed by atoms with Crippen molar-refractivity contribution in [1.82, 2.24) is 0 Å². The Bertz CT molecular complexity index is 1130. The van der Waals surface area contributed by atoms with Crippen molar-refractivity contribution in [2.45, 2.75) is 26.8 Å². The Morgan fingerprint density at radius 3 is 2.38 bits per heavy atom. The van der Waals surface area contributed by atoms with Crippen LogP contribution in [-0.2, 0) is 9.59 Å². The van der Waals surface area contributed by atoms with E-state index in [4.69, 9.17) is 18.9 Å². The van der Waals surface area contributed by atoms with Gasteiger partial charge in [-0.3, -0.25) is 14.5 Å². The summed E-state index contributed by atoms with van der Waals surface area (Å²) in [7, 11) is 3.03. The molecule has 4 rings (SSSR count). The molecule has 0 saturated carbocycles. The number of rotatable bonds is 5. The van der Waals surface area contributed by atoms with Gasteiger partial charge in [0.25, 0.3) is 5.91 Å². The molecule has 0 fully saturated rings. The summed E-state index contributed by atoms with van der Waals surface area (Å²) in [6.45, 7) is 5.32. The number of hydrogen-bond acceptors (Lipinski definition) is 7. The molecule has 0 aliphatic carbocycles. The van der Waals surface area contributed by atoms with Crippen molar-refractivity contribution in [1.29, 1.82) is 0 Å². The maximum absolute atomic E-state index is 13.4. The Kier molecular flexibility index (Phi) is 5.24. The fourth-order valence-corrected chi connectivity index (χ4v) is 3.88. The molecular formula is C24H25NO7. The van der Waals surface area contributed by atoms with Gasteiger partial charge < -0.3 is 24.1 Å². The van der Waals surface area contributed by atoms with Gasteiger partial charge in [0.05, 0.1) is 25.8 Å². The first-order chi connectivity index (χ1) is 15.2. The average molecular weight is 439 g/mol. The first kappa shape index (κ1) is 21.5. The molecule has 1 atom stereocenters. The summed E-state index contributed by atoms with van der Waals surface area (Å²) in [5.41, 5.74) is 0.267. The molecule has 8 nitrogen and oxygen atoms in total. The molecule has 2 heterocycles. The first-order valence-electron chi connectivity index (χ1n) is 10.1. The highest BCUT2D eigenvalue weighted by Crippen LogP contribution is 2.46. The molecule has 0 saturated heterocycles. The molecule has 2 aromatic rings. The number of nitrogens with zero attached hydrogens (tertiary/aromatic N) is 1. The summed E-state index contributed by atoms with van der Waals surface area (Å²) < 4.78 is 21.6. The number of Topliss-reactive ketones (excluding diaryl/α,β-unsaturated/α-hetero) is 1. The molecule has 0 radical (unpaired) electrons. The third-order valence-corrected chi connectivity index (χ3v) is 5.49. The number of ether oxygens (including phenoxy) is 4. The van der Waals surface area contributed by atoms with Crippen molar-refractivity contribution in [2.75, 3.05) is 25.9 Å². The molecule has 2 aromatic carbocycles. The van der Waals surface area contributed by atoms with E-state index in [1.807, 2.05) is 0 Å². The first-order valence-corrected chi connectivity index (χ1v) is 10.1. The third kappa shape index (κ3) is 3.41. The van der Waals surface area contributed by atoms with Crippen LogP contribution in [-0.4, -0.2) is 37.8 Å². The highest BCUT2D eigenvalue weighted by atomic mass is 16.7. The van der Waals surface area contributed by atoms with Crippen molar-refractivity contribution in [3.63, 3.8) is 0 Å². The number of hydrogen-bond donors (Lipinski definition) is 1. The monoisotopic (exact) mass is 439 g/mol. The molecule has 1 N–H and O–H groups in total. The molecule has 8 heteroatoms. The number of amides is 1. The zero-order valence-corrected chi connectivity index (χ0v) is 18.6. The van der Waals surface area contributed by atoms with Crippen LogP contribution in [0.2, 0.25) is 0 Å². The number of ketones is 1. The summed E-state index contributed by atoms with van der Waals surface area (Å²) in [5.74, 6) is 0.428. The number of aliphatic hydroxyl groups excluding tert-OH is 1. The van der Waals surface area contributed by atoms with Gasteiger partial charge in [0.15, 0.2) is 34.5 Å².